The number of benzene rings is 2. The van der Waals surface area contributed by atoms with Crippen molar-refractivity contribution in [3.8, 4) is 22.6 Å². The van der Waals surface area contributed by atoms with Crippen molar-refractivity contribution in [1.82, 2.24) is 9.55 Å². The molecule has 0 saturated heterocycles. The van der Waals surface area contributed by atoms with Gasteiger partial charge in [-0.3, -0.25) is 10.2 Å². The van der Waals surface area contributed by atoms with Crippen LogP contribution in [0.15, 0.2) is 54.7 Å². The fraction of sp³-hybridized carbons (Fsp3) is 0.227. The molecular weight excluding hydrogens is 352 g/mol. The number of amidine groups is 1. The molecule has 4 N–H and O–H groups in total. The highest BCUT2D eigenvalue weighted by Gasteiger charge is 2.27. The number of aromatic nitrogens is 2. The first-order valence-corrected chi connectivity index (χ1v) is 8.98. The van der Waals surface area contributed by atoms with Crippen LogP contribution in [0.25, 0.3) is 22.6 Å². The van der Waals surface area contributed by atoms with Crippen LogP contribution < -0.4 is 5.73 Å². The van der Waals surface area contributed by atoms with Crippen molar-refractivity contribution in [1.29, 1.82) is 5.41 Å². The van der Waals surface area contributed by atoms with Crippen LogP contribution >= 0.6 is 0 Å². The molecule has 0 aliphatic carbocycles. The van der Waals surface area contributed by atoms with Crippen LogP contribution in [0.2, 0.25) is 0 Å². The lowest BCUT2D eigenvalue weighted by Crippen LogP contribution is -2.26. The van der Waals surface area contributed by atoms with E-state index in [2.05, 4.69) is 0 Å². The van der Waals surface area contributed by atoms with Crippen LogP contribution in [0.5, 0.6) is 0 Å². The zero-order valence-electron chi connectivity index (χ0n) is 16.2. The molecule has 0 spiro atoms. The number of carboxylic acid groups (broad SMARTS) is 1. The lowest BCUT2D eigenvalue weighted by atomic mass is 9.86. The van der Waals surface area contributed by atoms with E-state index in [4.69, 9.17) is 16.1 Å². The van der Waals surface area contributed by atoms with Crippen molar-refractivity contribution >= 4 is 11.8 Å². The van der Waals surface area contributed by atoms with Gasteiger partial charge in [-0.05, 0) is 25.8 Å². The molecule has 0 amide bonds. The van der Waals surface area contributed by atoms with Gasteiger partial charge in [0.15, 0.2) is 0 Å². The van der Waals surface area contributed by atoms with E-state index in [0.717, 1.165) is 28.2 Å². The molecule has 0 aliphatic heterocycles. The number of imidazole rings is 1. The van der Waals surface area contributed by atoms with E-state index >= 15 is 0 Å². The minimum Gasteiger partial charge on any atom is -0.481 e. The van der Waals surface area contributed by atoms with E-state index < -0.39 is 11.4 Å². The minimum absolute atomic E-state index is 0.0411. The van der Waals surface area contributed by atoms with Gasteiger partial charge >= 0.3 is 5.97 Å². The lowest BCUT2D eigenvalue weighted by Gasteiger charge is -2.19. The molecule has 0 saturated carbocycles. The van der Waals surface area contributed by atoms with Crippen LogP contribution in [-0.2, 0) is 18.3 Å². The second kappa shape index (κ2) is 7.31. The number of carboxylic acids is 1. The second-order valence-corrected chi connectivity index (χ2v) is 7.61. The number of nitrogens with zero attached hydrogens (tertiary/aromatic N) is 2. The maximum atomic E-state index is 11.3. The summed E-state index contributed by atoms with van der Waals surface area (Å²) in [5.41, 5.74) is 9.11. The summed E-state index contributed by atoms with van der Waals surface area (Å²) in [6, 6.07) is 15.3. The zero-order valence-corrected chi connectivity index (χ0v) is 16.2. The van der Waals surface area contributed by atoms with Crippen molar-refractivity contribution in [3.05, 3.63) is 65.9 Å². The van der Waals surface area contributed by atoms with E-state index in [1.54, 1.807) is 13.8 Å². The van der Waals surface area contributed by atoms with Crippen LogP contribution in [0, 0.1) is 10.8 Å². The van der Waals surface area contributed by atoms with Gasteiger partial charge in [-0.2, -0.15) is 0 Å². The number of nitrogens with one attached hydrogen (secondary N) is 1. The molecule has 2 aromatic carbocycles. The number of rotatable bonds is 6. The van der Waals surface area contributed by atoms with Gasteiger partial charge in [0.05, 0.1) is 11.1 Å². The fourth-order valence-corrected chi connectivity index (χ4v) is 3.05. The first kappa shape index (κ1) is 19.4. The molecule has 3 aromatic rings. The van der Waals surface area contributed by atoms with Crippen LogP contribution in [0.4, 0.5) is 0 Å². The van der Waals surface area contributed by atoms with Gasteiger partial charge in [-0.25, -0.2) is 4.98 Å². The Labute approximate surface area is 164 Å². The smallest absolute Gasteiger partial charge is 0.309 e. The third kappa shape index (κ3) is 3.96. The molecule has 0 bridgehead atoms. The summed E-state index contributed by atoms with van der Waals surface area (Å²) in [4.78, 5) is 16.1. The van der Waals surface area contributed by atoms with Crippen LogP contribution in [-0.4, -0.2) is 26.5 Å². The van der Waals surface area contributed by atoms with Gasteiger partial charge < -0.3 is 15.4 Å². The Morgan fingerprint density at radius 2 is 1.68 bits per heavy atom. The lowest BCUT2D eigenvalue weighted by molar-refractivity contribution is -0.146. The van der Waals surface area contributed by atoms with Crippen LogP contribution in [0.3, 0.4) is 0 Å². The Kier molecular flexibility index (Phi) is 5.05. The molecule has 0 radical (unpaired) electrons. The number of hydrogen-bond acceptors (Lipinski definition) is 3. The van der Waals surface area contributed by atoms with Gasteiger partial charge in [0.25, 0.3) is 0 Å². The number of nitrogen functional groups attached to an aromatic ring is 1. The first-order chi connectivity index (χ1) is 13.2. The molecule has 0 fully saturated rings. The van der Waals surface area contributed by atoms with Gasteiger partial charge in [-0.1, -0.05) is 48.5 Å². The first-order valence-electron chi connectivity index (χ1n) is 8.98. The summed E-state index contributed by atoms with van der Waals surface area (Å²) in [6.45, 7) is 3.46. The molecule has 6 heteroatoms. The summed E-state index contributed by atoms with van der Waals surface area (Å²) in [6.07, 6.45) is 2.43. The van der Waals surface area contributed by atoms with Crippen molar-refractivity contribution < 1.29 is 9.90 Å². The van der Waals surface area contributed by atoms with Crippen molar-refractivity contribution in [2.45, 2.75) is 20.3 Å². The Hall–Kier alpha value is -3.41. The van der Waals surface area contributed by atoms with E-state index in [1.807, 2.05) is 66.3 Å². The quantitative estimate of drug-likeness (QED) is 0.451. The Balaban J connectivity index is 1.85. The highest BCUT2D eigenvalue weighted by molar-refractivity contribution is 5.95. The average Bonchev–Trinajstić information content (AvgIpc) is 3.04. The molecular formula is C22H24N4O2. The Morgan fingerprint density at radius 1 is 1.11 bits per heavy atom. The number of nitrogens with two attached hydrogens (primary N) is 1. The number of hydrogen-bond donors (Lipinski definition) is 3. The van der Waals surface area contributed by atoms with E-state index in [1.165, 1.54) is 0 Å². The van der Waals surface area contributed by atoms with Crippen molar-refractivity contribution in [2.24, 2.45) is 18.2 Å². The predicted molar refractivity (Wildman–Crippen MR) is 110 cm³/mol. The van der Waals surface area contributed by atoms with E-state index in [9.17, 15) is 9.90 Å². The highest BCUT2D eigenvalue weighted by Crippen LogP contribution is 2.27. The summed E-state index contributed by atoms with van der Waals surface area (Å²) in [5, 5.41) is 16.8. The Bertz CT molecular complexity index is 1020. The Morgan fingerprint density at radius 3 is 2.21 bits per heavy atom. The van der Waals surface area contributed by atoms with Crippen molar-refractivity contribution in [3.63, 3.8) is 0 Å². The zero-order chi connectivity index (χ0) is 20.5. The number of aryl methyl sites for hydroxylation is 1. The summed E-state index contributed by atoms with van der Waals surface area (Å²) in [7, 11) is 1.94. The minimum atomic E-state index is -0.805. The molecule has 3 rings (SSSR count). The third-order valence-corrected chi connectivity index (χ3v) is 4.81. The molecule has 1 heterocycles. The van der Waals surface area contributed by atoms with E-state index in [-0.39, 0.29) is 5.84 Å². The highest BCUT2D eigenvalue weighted by atomic mass is 16.4. The second-order valence-electron chi connectivity index (χ2n) is 7.61. The van der Waals surface area contributed by atoms with Gasteiger partial charge in [0, 0.05) is 29.9 Å². The molecule has 0 atom stereocenters. The maximum Gasteiger partial charge on any atom is 0.309 e. The molecule has 28 heavy (non-hydrogen) atoms. The fourth-order valence-electron chi connectivity index (χ4n) is 3.05. The molecule has 0 aliphatic rings. The number of carbonyl (C=O) groups is 1. The van der Waals surface area contributed by atoms with Gasteiger partial charge in [-0.15, -0.1) is 0 Å². The normalized spacial score (nSPS) is 11.4. The molecule has 144 valence electrons. The summed E-state index contributed by atoms with van der Waals surface area (Å²) >= 11 is 0. The molecule has 1 aromatic heterocycles. The number of aliphatic carboxylic acids is 1. The van der Waals surface area contributed by atoms with E-state index in [0.29, 0.717) is 12.0 Å². The predicted octanol–water partition coefficient (Wildman–Crippen LogP) is 3.69. The van der Waals surface area contributed by atoms with Crippen molar-refractivity contribution in [2.75, 3.05) is 0 Å². The molecule has 6 nitrogen and oxygen atoms in total. The SMILES string of the molecule is Cn1cc(-c2ccc(C(=N)N)cc2)nc1-c1ccc(CC(C)(C)C(=O)O)cc1. The molecule has 0 unspecified atom stereocenters. The largest absolute Gasteiger partial charge is 0.481 e. The maximum absolute atomic E-state index is 11.3. The summed E-state index contributed by atoms with van der Waals surface area (Å²) in [5.74, 6) is 0.0650. The third-order valence-electron chi connectivity index (χ3n) is 4.81. The van der Waals surface area contributed by atoms with Gasteiger partial charge in [0.1, 0.15) is 11.7 Å². The van der Waals surface area contributed by atoms with Crippen LogP contribution in [0.1, 0.15) is 25.0 Å². The average molecular weight is 376 g/mol. The monoisotopic (exact) mass is 376 g/mol. The standard InChI is InChI=1S/C22H24N4O2/c1-22(2,21(27)28)12-14-4-6-17(7-5-14)20-25-18(13-26(20)3)15-8-10-16(11-9-15)19(23)24/h4-11,13H,12H2,1-3H3,(H3,23,24)(H,27,28). The topological polar surface area (TPSA) is 105 Å². The summed E-state index contributed by atoms with van der Waals surface area (Å²) < 4.78 is 1.96. The van der Waals surface area contributed by atoms with Gasteiger partial charge in [0.2, 0.25) is 0 Å².